The molecule has 6 nitrogen and oxygen atoms in total. The Morgan fingerprint density at radius 2 is 1.78 bits per heavy atom. The molecular formula is C24H21ClN2O4S. The van der Waals surface area contributed by atoms with Crippen LogP contribution >= 0.6 is 22.9 Å². The van der Waals surface area contributed by atoms with Crippen LogP contribution in [0.5, 0.6) is 11.5 Å². The number of carbonyl (C=O) groups is 2. The lowest BCUT2D eigenvalue weighted by atomic mass is 10.2. The van der Waals surface area contributed by atoms with E-state index in [4.69, 9.17) is 21.1 Å². The highest BCUT2D eigenvalue weighted by Crippen LogP contribution is 2.40. The largest absolute Gasteiger partial charge is 0.495 e. The predicted molar refractivity (Wildman–Crippen MR) is 128 cm³/mol. The summed E-state index contributed by atoms with van der Waals surface area (Å²) >= 11 is 7.54. The van der Waals surface area contributed by atoms with Crippen LogP contribution in [-0.2, 0) is 9.59 Å². The first kappa shape index (κ1) is 21.9. The van der Waals surface area contributed by atoms with E-state index in [1.807, 2.05) is 43.5 Å². The van der Waals surface area contributed by atoms with Crippen molar-refractivity contribution in [1.82, 2.24) is 0 Å². The number of nitrogens with one attached hydrogen (secondary N) is 1. The van der Waals surface area contributed by atoms with Gasteiger partial charge in [-0.3, -0.25) is 9.59 Å². The molecule has 0 fully saturated rings. The molecule has 1 N–H and O–H groups in total. The summed E-state index contributed by atoms with van der Waals surface area (Å²) < 4.78 is 11.1. The minimum atomic E-state index is -0.485. The van der Waals surface area contributed by atoms with Crippen LogP contribution in [0.25, 0.3) is 5.57 Å². The lowest BCUT2D eigenvalue weighted by Crippen LogP contribution is -2.32. The molecule has 0 saturated heterocycles. The maximum absolute atomic E-state index is 13.5. The van der Waals surface area contributed by atoms with Crippen molar-refractivity contribution in [3.63, 3.8) is 0 Å². The number of nitrogens with zero attached hydrogens (tertiary/aromatic N) is 1. The van der Waals surface area contributed by atoms with Crippen LogP contribution in [0.4, 0.5) is 11.4 Å². The van der Waals surface area contributed by atoms with E-state index in [1.165, 1.54) is 18.4 Å². The van der Waals surface area contributed by atoms with Gasteiger partial charge in [-0.05, 0) is 67.8 Å². The van der Waals surface area contributed by atoms with Gasteiger partial charge in [0.1, 0.15) is 17.2 Å². The Balaban J connectivity index is 1.74. The molecule has 1 aromatic heterocycles. The molecule has 32 heavy (non-hydrogen) atoms. The summed E-state index contributed by atoms with van der Waals surface area (Å²) in [7, 11) is 1.48. The summed E-state index contributed by atoms with van der Waals surface area (Å²) in [4.78, 5) is 28.7. The van der Waals surface area contributed by atoms with Gasteiger partial charge >= 0.3 is 0 Å². The second-order valence-corrected chi connectivity index (χ2v) is 8.69. The summed E-state index contributed by atoms with van der Waals surface area (Å²) in [5, 5.41) is 5.39. The van der Waals surface area contributed by atoms with E-state index in [0.717, 1.165) is 10.6 Å². The number of halogens is 1. The highest BCUT2D eigenvalue weighted by atomic mass is 35.5. The molecule has 4 rings (SSSR count). The summed E-state index contributed by atoms with van der Waals surface area (Å²) in [6.07, 6.45) is 0.0530. The van der Waals surface area contributed by atoms with Crippen LogP contribution in [-0.4, -0.2) is 25.0 Å². The van der Waals surface area contributed by atoms with E-state index in [2.05, 4.69) is 5.32 Å². The van der Waals surface area contributed by atoms with Crippen LogP contribution < -0.4 is 19.7 Å². The molecule has 0 atom stereocenters. The highest BCUT2D eigenvalue weighted by Gasteiger charge is 2.42. The van der Waals surface area contributed by atoms with Crippen molar-refractivity contribution in [3.8, 4) is 11.5 Å². The minimum Gasteiger partial charge on any atom is -0.495 e. The highest BCUT2D eigenvalue weighted by molar-refractivity contribution is 7.11. The lowest BCUT2D eigenvalue weighted by Gasteiger charge is -2.18. The Bertz CT molecular complexity index is 1190. The van der Waals surface area contributed by atoms with Crippen molar-refractivity contribution in [1.29, 1.82) is 0 Å². The van der Waals surface area contributed by atoms with E-state index < -0.39 is 11.8 Å². The van der Waals surface area contributed by atoms with Gasteiger partial charge in [-0.2, -0.15) is 0 Å². The number of rotatable bonds is 7. The van der Waals surface area contributed by atoms with Gasteiger partial charge in [0.25, 0.3) is 11.8 Å². The quantitative estimate of drug-likeness (QED) is 0.457. The molecule has 2 heterocycles. The monoisotopic (exact) mass is 468 g/mol. The molecule has 0 radical (unpaired) electrons. The second kappa shape index (κ2) is 9.06. The molecule has 8 heteroatoms. The first-order valence-corrected chi connectivity index (χ1v) is 11.2. The fourth-order valence-corrected chi connectivity index (χ4v) is 4.32. The number of hydrogen-bond donors (Lipinski definition) is 1. The normalized spacial score (nSPS) is 13.8. The van der Waals surface area contributed by atoms with Gasteiger partial charge in [0.15, 0.2) is 0 Å². The molecule has 2 aromatic carbocycles. The molecular weight excluding hydrogens is 448 g/mol. The van der Waals surface area contributed by atoms with E-state index in [0.29, 0.717) is 32.6 Å². The van der Waals surface area contributed by atoms with E-state index in [9.17, 15) is 9.59 Å². The lowest BCUT2D eigenvalue weighted by molar-refractivity contribution is -0.120. The van der Waals surface area contributed by atoms with Crippen molar-refractivity contribution < 1.29 is 19.1 Å². The average molecular weight is 469 g/mol. The van der Waals surface area contributed by atoms with E-state index in [-0.39, 0.29) is 11.8 Å². The SMILES string of the molecule is COc1ccc(Cl)cc1N1C(=O)C(Nc2ccc(OC(C)C)cc2)=C(c2cccs2)C1=O. The molecule has 2 amide bonds. The Morgan fingerprint density at radius 3 is 2.41 bits per heavy atom. The van der Waals surface area contributed by atoms with Crippen molar-refractivity contribution in [2.24, 2.45) is 0 Å². The summed E-state index contributed by atoms with van der Waals surface area (Å²) in [6.45, 7) is 3.90. The standard InChI is InChI=1S/C24H21ClN2O4S/c1-14(2)31-17-9-7-16(8-10-17)26-22-21(20-5-4-12-32-20)23(28)27(24(22)29)18-13-15(25)6-11-19(18)30-3/h4-14,26H,1-3H3. The first-order valence-electron chi connectivity index (χ1n) is 9.93. The van der Waals surface area contributed by atoms with Gasteiger partial charge in [-0.1, -0.05) is 17.7 Å². The molecule has 0 unspecified atom stereocenters. The Hall–Kier alpha value is -3.29. The van der Waals surface area contributed by atoms with Crippen LogP contribution in [0.15, 0.2) is 65.7 Å². The number of thiophene rings is 1. The van der Waals surface area contributed by atoms with E-state index in [1.54, 1.807) is 30.3 Å². The maximum atomic E-state index is 13.5. The predicted octanol–water partition coefficient (Wildman–Crippen LogP) is 5.59. The van der Waals surface area contributed by atoms with Crippen LogP contribution in [0, 0.1) is 0 Å². The maximum Gasteiger partial charge on any atom is 0.282 e. The Kier molecular flexibility index (Phi) is 6.21. The third-order valence-corrected chi connectivity index (χ3v) is 5.85. The summed E-state index contributed by atoms with van der Waals surface area (Å²) in [5.74, 6) is 0.164. The third-order valence-electron chi connectivity index (χ3n) is 4.73. The third kappa shape index (κ3) is 4.22. The van der Waals surface area contributed by atoms with Crippen LogP contribution in [0.3, 0.4) is 0 Å². The number of benzene rings is 2. The molecule has 1 aliphatic heterocycles. The Morgan fingerprint density at radius 1 is 1.03 bits per heavy atom. The van der Waals surface area contributed by atoms with Crippen molar-refractivity contribution in [2.45, 2.75) is 20.0 Å². The number of imide groups is 1. The fraction of sp³-hybridized carbons (Fsp3) is 0.167. The van der Waals surface area contributed by atoms with Crippen molar-refractivity contribution in [3.05, 3.63) is 75.6 Å². The van der Waals surface area contributed by atoms with Gasteiger partial charge in [0.05, 0.1) is 24.5 Å². The number of carbonyl (C=O) groups excluding carboxylic acids is 2. The van der Waals surface area contributed by atoms with Gasteiger partial charge in [-0.25, -0.2) is 4.90 Å². The number of amides is 2. The Labute approximate surface area is 195 Å². The summed E-state index contributed by atoms with van der Waals surface area (Å²) in [6, 6.07) is 15.7. The van der Waals surface area contributed by atoms with Crippen molar-refractivity contribution >= 4 is 51.7 Å². The van der Waals surface area contributed by atoms with Crippen LogP contribution in [0.2, 0.25) is 5.02 Å². The molecule has 0 spiro atoms. The van der Waals surface area contributed by atoms with Crippen molar-refractivity contribution in [2.75, 3.05) is 17.3 Å². The number of methoxy groups -OCH3 is 1. The molecule has 0 bridgehead atoms. The number of anilines is 2. The zero-order valence-corrected chi connectivity index (χ0v) is 19.3. The molecule has 0 saturated carbocycles. The first-order chi connectivity index (χ1) is 15.4. The molecule has 1 aliphatic rings. The fourth-order valence-electron chi connectivity index (χ4n) is 3.39. The molecule has 164 valence electrons. The van der Waals surface area contributed by atoms with Gasteiger partial charge in [0, 0.05) is 15.6 Å². The smallest absolute Gasteiger partial charge is 0.282 e. The average Bonchev–Trinajstić information content (AvgIpc) is 3.36. The zero-order valence-electron chi connectivity index (χ0n) is 17.7. The molecule has 0 aliphatic carbocycles. The topological polar surface area (TPSA) is 67.9 Å². The van der Waals surface area contributed by atoms with Gasteiger partial charge < -0.3 is 14.8 Å². The van der Waals surface area contributed by atoms with Crippen LogP contribution in [0.1, 0.15) is 18.7 Å². The van der Waals surface area contributed by atoms with E-state index >= 15 is 0 Å². The zero-order chi connectivity index (χ0) is 22.8. The number of hydrogen-bond acceptors (Lipinski definition) is 6. The second-order valence-electron chi connectivity index (χ2n) is 7.31. The summed E-state index contributed by atoms with van der Waals surface area (Å²) in [5.41, 5.74) is 1.44. The number of ether oxygens (including phenoxy) is 2. The molecule has 3 aromatic rings. The minimum absolute atomic E-state index is 0.0530. The van der Waals surface area contributed by atoms with Gasteiger partial charge in [0.2, 0.25) is 0 Å². The van der Waals surface area contributed by atoms with Gasteiger partial charge in [-0.15, -0.1) is 11.3 Å².